The highest BCUT2D eigenvalue weighted by molar-refractivity contribution is 5.42. The number of aliphatic hydroxyl groups is 1. The Morgan fingerprint density at radius 3 is 2.52 bits per heavy atom. The molecule has 1 saturated carbocycles. The van der Waals surface area contributed by atoms with Crippen LogP contribution in [0.15, 0.2) is 48.5 Å². The average molecular weight is 286 g/mol. The van der Waals surface area contributed by atoms with Crippen LogP contribution in [0.4, 0.5) is 4.39 Å². The van der Waals surface area contributed by atoms with Crippen molar-refractivity contribution in [2.24, 2.45) is 5.92 Å². The lowest BCUT2D eigenvalue weighted by molar-refractivity contribution is 0.0249. The number of hydrogen-bond donors (Lipinski definition) is 1. The first kappa shape index (κ1) is 14.1. The molecule has 2 aromatic rings. The fraction of sp³-hybridized carbons (Fsp3) is 0.333. The van der Waals surface area contributed by atoms with E-state index in [1.54, 1.807) is 19.1 Å². The molecule has 3 rings (SSSR count). The molecule has 3 heteroatoms. The minimum atomic E-state index is -1.24. The van der Waals surface area contributed by atoms with E-state index in [9.17, 15) is 9.50 Å². The molecule has 0 aromatic heterocycles. The summed E-state index contributed by atoms with van der Waals surface area (Å²) in [4.78, 5) is 0. The lowest BCUT2D eigenvalue weighted by Crippen LogP contribution is -2.27. The third kappa shape index (κ3) is 2.42. The number of benzene rings is 2. The van der Waals surface area contributed by atoms with Crippen molar-refractivity contribution in [3.63, 3.8) is 0 Å². The van der Waals surface area contributed by atoms with Crippen molar-refractivity contribution in [2.45, 2.75) is 24.9 Å². The van der Waals surface area contributed by atoms with Gasteiger partial charge in [0.05, 0.1) is 18.3 Å². The average Bonchev–Trinajstić information content (AvgIpc) is 3.28. The summed E-state index contributed by atoms with van der Waals surface area (Å²) in [5.74, 6) is 0.257. The van der Waals surface area contributed by atoms with Crippen LogP contribution in [0.25, 0.3) is 0 Å². The summed E-state index contributed by atoms with van der Waals surface area (Å²) in [5.41, 5.74) is 0.214. The molecule has 0 heterocycles. The summed E-state index contributed by atoms with van der Waals surface area (Å²) in [6.07, 6.45) is 0.856. The van der Waals surface area contributed by atoms with Gasteiger partial charge in [-0.05, 0) is 42.9 Å². The second-order valence-corrected chi connectivity index (χ2v) is 5.82. The highest BCUT2D eigenvalue weighted by Crippen LogP contribution is 2.58. The Hall–Kier alpha value is -1.87. The Kier molecular flexibility index (Phi) is 3.46. The van der Waals surface area contributed by atoms with Gasteiger partial charge in [0, 0.05) is 0 Å². The van der Waals surface area contributed by atoms with Gasteiger partial charge in [0.2, 0.25) is 0 Å². The predicted octanol–water partition coefficient (Wildman–Crippen LogP) is 3.85. The van der Waals surface area contributed by atoms with Gasteiger partial charge in [-0.2, -0.15) is 0 Å². The van der Waals surface area contributed by atoms with Gasteiger partial charge in [-0.25, -0.2) is 4.39 Å². The number of rotatable bonds is 4. The van der Waals surface area contributed by atoms with Crippen LogP contribution in [0.5, 0.6) is 5.75 Å². The molecule has 110 valence electrons. The summed E-state index contributed by atoms with van der Waals surface area (Å²) < 4.78 is 19.4. The van der Waals surface area contributed by atoms with E-state index in [1.165, 1.54) is 18.7 Å². The van der Waals surface area contributed by atoms with Crippen molar-refractivity contribution in [3.05, 3.63) is 65.5 Å². The van der Waals surface area contributed by atoms with Crippen molar-refractivity contribution < 1.29 is 14.2 Å². The number of ether oxygens (including phenoxy) is 1. The van der Waals surface area contributed by atoms with Crippen molar-refractivity contribution in [2.75, 3.05) is 7.11 Å². The van der Waals surface area contributed by atoms with E-state index in [0.717, 1.165) is 6.42 Å². The van der Waals surface area contributed by atoms with E-state index < -0.39 is 11.4 Å². The summed E-state index contributed by atoms with van der Waals surface area (Å²) >= 11 is 0. The minimum absolute atomic E-state index is 0.00528. The van der Waals surface area contributed by atoms with Gasteiger partial charge < -0.3 is 9.84 Å². The third-order valence-corrected chi connectivity index (χ3v) is 4.44. The molecule has 0 spiro atoms. The molecule has 0 bridgehead atoms. The Labute approximate surface area is 124 Å². The van der Waals surface area contributed by atoms with Crippen LogP contribution in [0, 0.1) is 11.7 Å². The largest absolute Gasteiger partial charge is 0.496 e. The third-order valence-electron chi connectivity index (χ3n) is 4.44. The Morgan fingerprint density at radius 2 is 1.86 bits per heavy atom. The first-order valence-electron chi connectivity index (χ1n) is 7.16. The summed E-state index contributed by atoms with van der Waals surface area (Å²) in [6.45, 7) is 1.68. The molecule has 0 radical (unpaired) electrons. The Morgan fingerprint density at radius 1 is 1.14 bits per heavy atom. The highest BCUT2D eigenvalue weighted by atomic mass is 19.1. The topological polar surface area (TPSA) is 29.5 Å². The van der Waals surface area contributed by atoms with Crippen molar-refractivity contribution in [1.82, 2.24) is 0 Å². The molecular weight excluding hydrogens is 267 g/mol. The standard InChI is InChI=1S/C18H19FO2/c1-18(20,17-15(19)9-6-10-16(17)21-2)14-11-13(14)12-7-4-3-5-8-12/h3-10,13-14,20H,11H2,1-2H3. The summed E-state index contributed by atoms with van der Waals surface area (Å²) in [5, 5.41) is 10.9. The predicted molar refractivity (Wildman–Crippen MR) is 79.8 cm³/mol. The van der Waals surface area contributed by atoms with Gasteiger partial charge in [0.15, 0.2) is 0 Å². The number of halogens is 1. The zero-order chi connectivity index (χ0) is 15.0. The lowest BCUT2D eigenvalue weighted by atomic mass is 9.87. The molecule has 0 saturated heterocycles. The molecule has 1 aliphatic rings. The fourth-order valence-electron chi connectivity index (χ4n) is 3.24. The van der Waals surface area contributed by atoms with Gasteiger partial charge in [-0.15, -0.1) is 0 Å². The normalized spacial score (nSPS) is 23.4. The van der Waals surface area contributed by atoms with Crippen LogP contribution in [-0.4, -0.2) is 12.2 Å². The SMILES string of the molecule is COc1cccc(F)c1C(C)(O)C1CC1c1ccccc1. The number of hydrogen-bond acceptors (Lipinski definition) is 2. The van der Waals surface area contributed by atoms with Gasteiger partial charge in [-0.1, -0.05) is 36.4 Å². The molecule has 21 heavy (non-hydrogen) atoms. The molecule has 0 amide bonds. The zero-order valence-electron chi connectivity index (χ0n) is 12.2. The van der Waals surface area contributed by atoms with Crippen molar-refractivity contribution in [3.8, 4) is 5.75 Å². The first-order chi connectivity index (χ1) is 10.1. The monoisotopic (exact) mass is 286 g/mol. The number of methoxy groups -OCH3 is 1. The fourth-order valence-corrected chi connectivity index (χ4v) is 3.24. The molecule has 2 nitrogen and oxygen atoms in total. The smallest absolute Gasteiger partial charge is 0.133 e. The van der Waals surface area contributed by atoms with Crippen LogP contribution in [0.3, 0.4) is 0 Å². The maximum Gasteiger partial charge on any atom is 0.133 e. The molecule has 0 aliphatic heterocycles. The molecule has 3 atom stereocenters. The van der Waals surface area contributed by atoms with Gasteiger partial charge in [0.1, 0.15) is 11.6 Å². The Bertz CT molecular complexity index is 637. The molecule has 3 unspecified atom stereocenters. The molecule has 2 aromatic carbocycles. The van der Waals surface area contributed by atoms with Crippen LogP contribution in [0.1, 0.15) is 30.4 Å². The summed E-state index contributed by atoms with van der Waals surface area (Å²) in [6, 6.07) is 14.7. The molecule has 1 aliphatic carbocycles. The zero-order valence-corrected chi connectivity index (χ0v) is 12.2. The van der Waals surface area contributed by atoms with Crippen LogP contribution in [-0.2, 0) is 5.60 Å². The van der Waals surface area contributed by atoms with Crippen LogP contribution in [0.2, 0.25) is 0 Å². The van der Waals surface area contributed by atoms with E-state index in [2.05, 4.69) is 12.1 Å². The quantitative estimate of drug-likeness (QED) is 0.925. The molecule has 1 N–H and O–H groups in total. The van der Waals surface area contributed by atoms with E-state index >= 15 is 0 Å². The van der Waals surface area contributed by atoms with Crippen LogP contribution < -0.4 is 4.74 Å². The van der Waals surface area contributed by atoms with E-state index in [1.807, 2.05) is 18.2 Å². The first-order valence-corrected chi connectivity index (χ1v) is 7.16. The van der Waals surface area contributed by atoms with Crippen LogP contribution >= 0.6 is 0 Å². The van der Waals surface area contributed by atoms with Gasteiger partial charge in [-0.3, -0.25) is 0 Å². The second kappa shape index (κ2) is 5.15. The van der Waals surface area contributed by atoms with E-state index in [4.69, 9.17) is 4.74 Å². The van der Waals surface area contributed by atoms with Gasteiger partial charge in [0.25, 0.3) is 0 Å². The summed E-state index contributed by atoms with van der Waals surface area (Å²) in [7, 11) is 1.50. The molecule has 1 fully saturated rings. The highest BCUT2D eigenvalue weighted by Gasteiger charge is 2.52. The van der Waals surface area contributed by atoms with Crippen molar-refractivity contribution >= 4 is 0 Å². The maximum absolute atomic E-state index is 14.2. The van der Waals surface area contributed by atoms with Crippen molar-refractivity contribution in [1.29, 1.82) is 0 Å². The maximum atomic E-state index is 14.2. The molecular formula is C18H19FO2. The lowest BCUT2D eigenvalue weighted by Gasteiger charge is -2.27. The minimum Gasteiger partial charge on any atom is -0.496 e. The Balaban J connectivity index is 1.93. The second-order valence-electron chi connectivity index (χ2n) is 5.82. The van der Waals surface area contributed by atoms with E-state index in [0.29, 0.717) is 5.75 Å². The van der Waals surface area contributed by atoms with E-state index in [-0.39, 0.29) is 17.4 Å². The van der Waals surface area contributed by atoms with Gasteiger partial charge >= 0.3 is 0 Å².